The third-order valence-corrected chi connectivity index (χ3v) is 7.16. The number of fused-ring (bicyclic) bond motifs is 12. The molecule has 0 amide bonds. The van der Waals surface area contributed by atoms with Crippen molar-refractivity contribution in [3.05, 3.63) is 132 Å². The molecule has 0 saturated heterocycles. The number of rotatable bonds is 0. The minimum absolute atomic E-state index is 0. The van der Waals surface area contributed by atoms with Crippen LogP contribution in [0.2, 0.25) is 0 Å². The van der Waals surface area contributed by atoms with Crippen LogP contribution in [0.15, 0.2) is 110 Å². The zero-order chi connectivity index (χ0) is 22.5. The lowest BCUT2D eigenvalue weighted by atomic mass is 10.1. The van der Waals surface area contributed by atoms with Crippen molar-refractivity contribution in [2.75, 3.05) is 0 Å². The zero-order valence-corrected chi connectivity index (χ0v) is 22.9. The van der Waals surface area contributed by atoms with Crippen LogP contribution in [0.1, 0.15) is 22.3 Å². The molecule has 0 N–H and O–H groups in total. The van der Waals surface area contributed by atoms with Crippen molar-refractivity contribution >= 4 is 22.1 Å². The normalized spacial score (nSPS) is 12.7. The van der Waals surface area contributed by atoms with E-state index in [2.05, 4.69) is 128 Å². The summed E-state index contributed by atoms with van der Waals surface area (Å²) in [7, 11) is 0. The summed E-state index contributed by atoms with van der Waals surface area (Å²) in [5.74, 6) is 0. The van der Waals surface area contributed by atoms with E-state index in [4.69, 9.17) is 0 Å². The van der Waals surface area contributed by atoms with Crippen LogP contribution in [0.25, 0.3) is 22.1 Å². The van der Waals surface area contributed by atoms with Crippen molar-refractivity contribution in [3.8, 4) is 0 Å². The highest BCUT2D eigenvalue weighted by Crippen LogP contribution is 2.21. The summed E-state index contributed by atoms with van der Waals surface area (Å²) in [6.07, 6.45) is 4.58. The van der Waals surface area contributed by atoms with Crippen LogP contribution in [0, 0.1) is 0 Å². The van der Waals surface area contributed by atoms with Gasteiger partial charge in [-0.1, -0.05) is 72.8 Å². The van der Waals surface area contributed by atoms with Gasteiger partial charge in [-0.3, -0.25) is 0 Å². The first kappa shape index (κ1) is 24.5. The molecular formula is C30H26Br2N4. The second-order valence-electron chi connectivity index (χ2n) is 9.26. The summed E-state index contributed by atoms with van der Waals surface area (Å²) in [4.78, 5) is 0. The zero-order valence-electron chi connectivity index (χ0n) is 19.8. The number of para-hydroxylation sites is 4. The molecule has 180 valence electrons. The first-order valence-corrected chi connectivity index (χ1v) is 11.9. The molecule has 4 aromatic carbocycles. The lowest BCUT2D eigenvalue weighted by molar-refractivity contribution is -0.664. The van der Waals surface area contributed by atoms with Gasteiger partial charge in [0.25, 0.3) is 0 Å². The molecule has 0 radical (unpaired) electrons. The van der Waals surface area contributed by atoms with Crippen molar-refractivity contribution in [1.29, 1.82) is 0 Å². The van der Waals surface area contributed by atoms with Crippen LogP contribution in [0.4, 0.5) is 0 Å². The molecule has 0 aliphatic carbocycles. The maximum Gasteiger partial charge on any atom is 0.245 e. The number of imidazole rings is 2. The Labute approximate surface area is 231 Å². The molecular weight excluding hydrogens is 576 g/mol. The molecule has 4 bridgehead atoms. The first-order chi connectivity index (χ1) is 16.8. The van der Waals surface area contributed by atoms with Gasteiger partial charge in [0.2, 0.25) is 12.7 Å². The number of aromatic nitrogens is 4. The first-order valence-electron chi connectivity index (χ1n) is 11.9. The Morgan fingerprint density at radius 1 is 0.444 bits per heavy atom. The quantitative estimate of drug-likeness (QED) is 0.192. The maximum atomic E-state index is 2.40. The minimum atomic E-state index is 0. The fraction of sp³-hybridized carbons (Fsp3) is 0.133. The summed E-state index contributed by atoms with van der Waals surface area (Å²) < 4.78 is 9.60. The molecule has 2 aromatic heterocycles. The molecule has 6 aromatic rings. The van der Waals surface area contributed by atoms with Gasteiger partial charge in [-0.15, -0.1) is 0 Å². The molecule has 0 atom stereocenters. The van der Waals surface area contributed by atoms with Crippen LogP contribution < -0.4 is 43.1 Å². The third-order valence-electron chi connectivity index (χ3n) is 7.16. The Balaban J connectivity index is 0.00000133. The molecule has 36 heavy (non-hydrogen) atoms. The molecule has 0 fully saturated rings. The standard InChI is InChI=1S/C30H26N4.2BrH/c1-2-10-24-18-32-22-34(30-16-8-7-15-29(30)32)20-26-12-4-3-11-25(26)19-33-21-31(17-23(24)9-1)27-13-5-6-14-28(27)33;;/h1-16,21-22H,17-20H2;2*1H/q+2;;/p-2. The van der Waals surface area contributed by atoms with Crippen molar-refractivity contribution in [2.45, 2.75) is 26.2 Å². The fourth-order valence-corrected chi connectivity index (χ4v) is 5.46. The molecule has 4 nitrogen and oxygen atoms in total. The van der Waals surface area contributed by atoms with E-state index in [1.165, 1.54) is 44.3 Å². The van der Waals surface area contributed by atoms with Crippen molar-refractivity contribution in [3.63, 3.8) is 0 Å². The Morgan fingerprint density at radius 3 is 1.25 bits per heavy atom. The molecule has 1 aliphatic rings. The summed E-state index contributed by atoms with van der Waals surface area (Å²) in [5.41, 5.74) is 10.5. The van der Waals surface area contributed by atoms with Crippen LogP contribution in [0.3, 0.4) is 0 Å². The van der Waals surface area contributed by atoms with E-state index in [0.717, 1.165) is 26.2 Å². The Bertz CT molecular complexity index is 1440. The molecule has 0 saturated carbocycles. The number of benzene rings is 4. The lowest BCUT2D eigenvalue weighted by Crippen LogP contribution is -3.00. The third kappa shape index (κ3) is 4.18. The lowest BCUT2D eigenvalue weighted by Gasteiger charge is -2.08. The SMILES string of the molecule is [Br-].[Br-].c1ccc2c(c1)Cn1c[n+](c3ccccc31)Cc1ccccc1Cn1c[n+](c3ccccc31)C2. The number of hydrogen-bond donors (Lipinski definition) is 0. The second-order valence-corrected chi connectivity index (χ2v) is 9.26. The van der Waals surface area contributed by atoms with Gasteiger partial charge in [0.15, 0.2) is 22.1 Å². The van der Waals surface area contributed by atoms with Gasteiger partial charge >= 0.3 is 0 Å². The van der Waals surface area contributed by atoms with E-state index in [1.54, 1.807) is 0 Å². The second kappa shape index (κ2) is 10.0. The van der Waals surface area contributed by atoms with Gasteiger partial charge in [-0.25, -0.2) is 18.3 Å². The van der Waals surface area contributed by atoms with E-state index in [-0.39, 0.29) is 34.0 Å². The van der Waals surface area contributed by atoms with E-state index in [1.807, 2.05) is 0 Å². The van der Waals surface area contributed by atoms with E-state index >= 15 is 0 Å². The summed E-state index contributed by atoms with van der Waals surface area (Å²) >= 11 is 0. The minimum Gasteiger partial charge on any atom is -1.00 e. The van der Waals surface area contributed by atoms with Crippen molar-refractivity contribution in [2.24, 2.45) is 0 Å². The molecule has 0 spiro atoms. The molecule has 7 rings (SSSR count). The molecule has 0 unspecified atom stereocenters. The van der Waals surface area contributed by atoms with Crippen molar-refractivity contribution < 1.29 is 43.1 Å². The highest BCUT2D eigenvalue weighted by molar-refractivity contribution is 5.72. The predicted molar refractivity (Wildman–Crippen MR) is 134 cm³/mol. The topological polar surface area (TPSA) is 17.6 Å². The monoisotopic (exact) mass is 600 g/mol. The van der Waals surface area contributed by atoms with Gasteiger partial charge < -0.3 is 34.0 Å². The summed E-state index contributed by atoms with van der Waals surface area (Å²) in [5, 5.41) is 0. The maximum absolute atomic E-state index is 2.40. The Kier molecular flexibility index (Phi) is 6.82. The number of hydrogen-bond acceptors (Lipinski definition) is 0. The Morgan fingerprint density at radius 2 is 0.806 bits per heavy atom. The van der Waals surface area contributed by atoms with Crippen LogP contribution in [-0.4, -0.2) is 9.13 Å². The van der Waals surface area contributed by atoms with Gasteiger partial charge in [-0.2, -0.15) is 0 Å². The van der Waals surface area contributed by atoms with Crippen LogP contribution in [-0.2, 0) is 26.2 Å². The van der Waals surface area contributed by atoms with Gasteiger partial charge in [0.05, 0.1) is 0 Å². The van der Waals surface area contributed by atoms with E-state index < -0.39 is 0 Å². The molecule has 1 aliphatic heterocycles. The van der Waals surface area contributed by atoms with Crippen LogP contribution >= 0.6 is 0 Å². The Hall–Kier alpha value is -3.22. The number of halogens is 2. The summed E-state index contributed by atoms with van der Waals surface area (Å²) in [6.45, 7) is 3.41. The molecule has 3 heterocycles. The smallest absolute Gasteiger partial charge is 0.245 e. The highest BCUT2D eigenvalue weighted by atomic mass is 79.9. The van der Waals surface area contributed by atoms with Crippen molar-refractivity contribution in [1.82, 2.24) is 9.13 Å². The summed E-state index contributed by atoms with van der Waals surface area (Å²) in [6, 6.07) is 35.2. The van der Waals surface area contributed by atoms with Gasteiger partial charge in [-0.05, 0) is 24.3 Å². The average molecular weight is 602 g/mol. The average Bonchev–Trinajstić information content (AvgIpc) is 3.39. The van der Waals surface area contributed by atoms with Gasteiger partial charge in [0.1, 0.15) is 26.2 Å². The number of nitrogens with zero attached hydrogens (tertiary/aromatic N) is 4. The largest absolute Gasteiger partial charge is 1.00 e. The highest BCUT2D eigenvalue weighted by Gasteiger charge is 2.22. The predicted octanol–water partition coefficient (Wildman–Crippen LogP) is -1.31. The van der Waals surface area contributed by atoms with E-state index in [0.29, 0.717) is 0 Å². The van der Waals surface area contributed by atoms with Crippen LogP contribution in [0.5, 0.6) is 0 Å². The molecule has 6 heteroatoms. The fourth-order valence-electron chi connectivity index (χ4n) is 5.46. The van der Waals surface area contributed by atoms with E-state index in [9.17, 15) is 0 Å². The van der Waals surface area contributed by atoms with Gasteiger partial charge in [0, 0.05) is 22.3 Å².